The van der Waals surface area contributed by atoms with Crippen LogP contribution in [0.1, 0.15) is 24.8 Å². The van der Waals surface area contributed by atoms with Crippen LogP contribution < -0.4 is 5.32 Å². The molecule has 1 heteroatoms. The van der Waals surface area contributed by atoms with Gasteiger partial charge in [0.05, 0.1) is 0 Å². The van der Waals surface area contributed by atoms with E-state index in [2.05, 4.69) is 72.1 Å². The van der Waals surface area contributed by atoms with E-state index in [1.807, 2.05) is 0 Å². The zero-order valence-corrected chi connectivity index (χ0v) is 11.0. The summed E-state index contributed by atoms with van der Waals surface area (Å²) in [5.41, 5.74) is 3.99. The summed E-state index contributed by atoms with van der Waals surface area (Å²) in [6, 6.07) is 11.0. The molecule has 0 saturated heterocycles. The smallest absolute Gasteiger partial charge is 0.0479 e. The van der Waals surface area contributed by atoms with E-state index in [4.69, 9.17) is 0 Å². The van der Waals surface area contributed by atoms with Gasteiger partial charge in [-0.1, -0.05) is 60.7 Å². The number of hydrogen-bond donors (Lipinski definition) is 1. The summed E-state index contributed by atoms with van der Waals surface area (Å²) in [6.07, 6.45) is 16.7. The van der Waals surface area contributed by atoms with Crippen LogP contribution in [0.25, 0.3) is 5.57 Å². The molecule has 3 rings (SSSR count). The van der Waals surface area contributed by atoms with Gasteiger partial charge in [-0.05, 0) is 36.5 Å². The predicted molar refractivity (Wildman–Crippen MR) is 81.6 cm³/mol. The number of hydrogen-bond acceptors (Lipinski definition) is 1. The van der Waals surface area contributed by atoms with Gasteiger partial charge >= 0.3 is 0 Å². The van der Waals surface area contributed by atoms with Gasteiger partial charge in [0.2, 0.25) is 0 Å². The molecule has 1 N–H and O–H groups in total. The maximum absolute atomic E-state index is 3.61. The van der Waals surface area contributed by atoms with Crippen molar-refractivity contribution in [1.29, 1.82) is 0 Å². The van der Waals surface area contributed by atoms with Gasteiger partial charge in [0.15, 0.2) is 0 Å². The van der Waals surface area contributed by atoms with E-state index < -0.39 is 0 Å². The van der Waals surface area contributed by atoms with Gasteiger partial charge in [-0.2, -0.15) is 0 Å². The highest BCUT2D eigenvalue weighted by atomic mass is 14.9. The second-order valence-electron chi connectivity index (χ2n) is 5.03. The molecule has 2 aliphatic rings. The lowest BCUT2D eigenvalue weighted by molar-refractivity contribution is 0.645. The second kappa shape index (κ2) is 5.75. The lowest BCUT2D eigenvalue weighted by Crippen LogP contribution is -2.27. The average Bonchev–Trinajstić information content (AvgIpc) is 2.50. The fraction of sp³-hybridized carbons (Fsp3) is 0.222. The van der Waals surface area contributed by atoms with Crippen LogP contribution in [0.3, 0.4) is 0 Å². The SMILES string of the molecule is C1=CCCC(NC2C=CC(c3ccccc3)=CC2)=C1. The van der Waals surface area contributed by atoms with Gasteiger partial charge in [0, 0.05) is 11.7 Å². The largest absolute Gasteiger partial charge is 0.382 e. The van der Waals surface area contributed by atoms with Crippen LogP contribution in [0.5, 0.6) is 0 Å². The molecule has 0 heterocycles. The first-order valence-corrected chi connectivity index (χ1v) is 6.98. The normalized spacial score (nSPS) is 21.8. The quantitative estimate of drug-likeness (QED) is 0.845. The maximum atomic E-state index is 3.61. The Balaban J connectivity index is 1.63. The van der Waals surface area contributed by atoms with Crippen molar-refractivity contribution < 1.29 is 0 Å². The fourth-order valence-corrected chi connectivity index (χ4v) is 2.53. The molecule has 1 nitrogen and oxygen atoms in total. The number of nitrogens with one attached hydrogen (secondary N) is 1. The lowest BCUT2D eigenvalue weighted by Gasteiger charge is -2.21. The Morgan fingerprint density at radius 2 is 2.00 bits per heavy atom. The third-order valence-corrected chi connectivity index (χ3v) is 3.59. The first kappa shape index (κ1) is 12.0. The van der Waals surface area contributed by atoms with E-state index in [9.17, 15) is 0 Å². The highest BCUT2D eigenvalue weighted by molar-refractivity contribution is 5.75. The van der Waals surface area contributed by atoms with Crippen molar-refractivity contribution >= 4 is 5.57 Å². The molecule has 2 aliphatic carbocycles. The zero-order chi connectivity index (χ0) is 12.9. The Labute approximate surface area is 115 Å². The van der Waals surface area contributed by atoms with Crippen molar-refractivity contribution in [2.75, 3.05) is 0 Å². The molecule has 0 spiro atoms. The summed E-state index contributed by atoms with van der Waals surface area (Å²) >= 11 is 0. The van der Waals surface area contributed by atoms with Crippen molar-refractivity contribution in [2.24, 2.45) is 0 Å². The molecular formula is C18H19N. The van der Waals surface area contributed by atoms with E-state index in [0.717, 1.165) is 19.3 Å². The number of rotatable bonds is 3. The maximum Gasteiger partial charge on any atom is 0.0479 e. The Morgan fingerprint density at radius 1 is 1.11 bits per heavy atom. The zero-order valence-electron chi connectivity index (χ0n) is 11.0. The highest BCUT2D eigenvalue weighted by Crippen LogP contribution is 2.22. The van der Waals surface area contributed by atoms with Crippen molar-refractivity contribution in [3.05, 3.63) is 78.0 Å². The first-order chi connectivity index (χ1) is 9.42. The van der Waals surface area contributed by atoms with Gasteiger partial charge in [-0.15, -0.1) is 0 Å². The summed E-state index contributed by atoms with van der Waals surface area (Å²) < 4.78 is 0. The molecule has 1 aromatic carbocycles. The lowest BCUT2D eigenvalue weighted by atomic mass is 9.97. The standard InChI is InChI=1S/C18H19N/c1-3-7-15(8-4-1)16-11-13-18(14-12-16)19-17-9-5-2-6-10-17/h1-5,7-9,11-13,18-19H,6,10,14H2. The van der Waals surface area contributed by atoms with Gasteiger partial charge in [-0.3, -0.25) is 0 Å². The van der Waals surface area contributed by atoms with Crippen LogP contribution in [0, 0.1) is 0 Å². The third kappa shape index (κ3) is 3.05. The van der Waals surface area contributed by atoms with Gasteiger partial charge in [0.25, 0.3) is 0 Å². The molecule has 0 radical (unpaired) electrons. The topological polar surface area (TPSA) is 12.0 Å². The van der Waals surface area contributed by atoms with Crippen LogP contribution in [-0.4, -0.2) is 6.04 Å². The minimum atomic E-state index is 0.435. The van der Waals surface area contributed by atoms with Gasteiger partial charge < -0.3 is 5.32 Å². The van der Waals surface area contributed by atoms with Crippen molar-refractivity contribution in [3.8, 4) is 0 Å². The van der Waals surface area contributed by atoms with E-state index in [1.165, 1.54) is 16.8 Å². The second-order valence-corrected chi connectivity index (χ2v) is 5.03. The summed E-state index contributed by atoms with van der Waals surface area (Å²) in [7, 11) is 0. The van der Waals surface area contributed by atoms with E-state index in [-0.39, 0.29) is 0 Å². The van der Waals surface area contributed by atoms with Crippen molar-refractivity contribution in [2.45, 2.75) is 25.3 Å². The summed E-state index contributed by atoms with van der Waals surface area (Å²) in [5, 5.41) is 3.61. The molecule has 0 bridgehead atoms. The molecule has 1 aromatic rings. The third-order valence-electron chi connectivity index (χ3n) is 3.59. The molecule has 1 atom stereocenters. The van der Waals surface area contributed by atoms with Crippen LogP contribution in [-0.2, 0) is 0 Å². The molecule has 0 amide bonds. The molecule has 0 saturated carbocycles. The minimum absolute atomic E-state index is 0.435. The highest BCUT2D eigenvalue weighted by Gasteiger charge is 2.10. The molecule has 19 heavy (non-hydrogen) atoms. The Bertz CT molecular complexity index is 546. The Hall–Kier alpha value is -2.02. The molecule has 0 aliphatic heterocycles. The summed E-state index contributed by atoms with van der Waals surface area (Å²) in [4.78, 5) is 0. The van der Waals surface area contributed by atoms with E-state index >= 15 is 0 Å². The monoisotopic (exact) mass is 249 g/mol. The average molecular weight is 249 g/mol. The number of benzene rings is 1. The van der Waals surface area contributed by atoms with E-state index in [0.29, 0.717) is 6.04 Å². The fourth-order valence-electron chi connectivity index (χ4n) is 2.53. The predicted octanol–water partition coefficient (Wildman–Crippen LogP) is 4.22. The molecular weight excluding hydrogens is 230 g/mol. The first-order valence-electron chi connectivity index (χ1n) is 6.98. The minimum Gasteiger partial charge on any atom is -0.382 e. The Kier molecular flexibility index (Phi) is 3.64. The molecule has 96 valence electrons. The van der Waals surface area contributed by atoms with Gasteiger partial charge in [-0.25, -0.2) is 0 Å². The molecule has 0 fully saturated rings. The van der Waals surface area contributed by atoms with Crippen LogP contribution in [0.4, 0.5) is 0 Å². The van der Waals surface area contributed by atoms with Crippen LogP contribution >= 0.6 is 0 Å². The van der Waals surface area contributed by atoms with Gasteiger partial charge in [0.1, 0.15) is 0 Å². The number of allylic oxidation sites excluding steroid dienone is 6. The molecule has 0 aromatic heterocycles. The molecule has 1 unspecified atom stereocenters. The van der Waals surface area contributed by atoms with E-state index in [1.54, 1.807) is 0 Å². The van der Waals surface area contributed by atoms with Crippen LogP contribution in [0.15, 0.2) is 72.5 Å². The summed E-state index contributed by atoms with van der Waals surface area (Å²) in [6.45, 7) is 0. The summed E-state index contributed by atoms with van der Waals surface area (Å²) in [5.74, 6) is 0. The van der Waals surface area contributed by atoms with Crippen LogP contribution in [0.2, 0.25) is 0 Å². The van der Waals surface area contributed by atoms with Crippen molar-refractivity contribution in [3.63, 3.8) is 0 Å². The Morgan fingerprint density at radius 3 is 2.68 bits per heavy atom. The van der Waals surface area contributed by atoms with Crippen molar-refractivity contribution in [1.82, 2.24) is 5.32 Å².